The van der Waals surface area contributed by atoms with E-state index in [4.69, 9.17) is 0 Å². The monoisotopic (exact) mass is 315 g/mol. The fourth-order valence-electron chi connectivity index (χ4n) is 2.34. The molecular formula is C14H22BrNS. The predicted molar refractivity (Wildman–Crippen MR) is 79.7 cm³/mol. The van der Waals surface area contributed by atoms with Crippen molar-refractivity contribution in [3.8, 4) is 0 Å². The number of thiophene rings is 1. The van der Waals surface area contributed by atoms with Crippen molar-refractivity contribution in [3.63, 3.8) is 0 Å². The zero-order valence-electron chi connectivity index (χ0n) is 10.8. The van der Waals surface area contributed by atoms with Crippen molar-refractivity contribution in [2.45, 2.75) is 52.0 Å². The Morgan fingerprint density at radius 3 is 2.76 bits per heavy atom. The lowest BCUT2D eigenvalue weighted by Gasteiger charge is -2.29. The van der Waals surface area contributed by atoms with E-state index in [0.717, 1.165) is 12.5 Å². The zero-order valence-corrected chi connectivity index (χ0v) is 13.2. The summed E-state index contributed by atoms with van der Waals surface area (Å²) in [6, 6.07) is 2.93. The molecule has 0 amide bonds. The van der Waals surface area contributed by atoms with Gasteiger partial charge in [0.15, 0.2) is 0 Å². The number of halogens is 1. The van der Waals surface area contributed by atoms with Crippen LogP contribution in [0.3, 0.4) is 0 Å². The molecule has 2 rings (SSSR count). The standard InChI is InChI=1S/C14H22BrNS/c1-3-7-16-12(9-11-5-4-6-11)13-8-10(2)14(15)17-13/h8,11-12,16H,3-7,9H2,1-2H3. The molecular weight excluding hydrogens is 294 g/mol. The molecule has 1 aromatic rings. The number of aryl methyl sites for hydroxylation is 1. The molecule has 0 bridgehead atoms. The highest BCUT2D eigenvalue weighted by molar-refractivity contribution is 9.11. The molecule has 1 fully saturated rings. The summed E-state index contributed by atoms with van der Waals surface area (Å²) in [6.45, 7) is 5.55. The van der Waals surface area contributed by atoms with Crippen LogP contribution in [0, 0.1) is 12.8 Å². The SMILES string of the molecule is CCCNC(CC1CCC1)c1cc(C)c(Br)s1. The van der Waals surface area contributed by atoms with Gasteiger partial charge in [0.1, 0.15) is 0 Å². The van der Waals surface area contributed by atoms with Crippen molar-refractivity contribution in [1.82, 2.24) is 5.32 Å². The lowest BCUT2D eigenvalue weighted by molar-refractivity contribution is 0.262. The van der Waals surface area contributed by atoms with Gasteiger partial charge in [0.2, 0.25) is 0 Å². The molecule has 1 aromatic heterocycles. The summed E-state index contributed by atoms with van der Waals surface area (Å²) in [4.78, 5) is 1.51. The van der Waals surface area contributed by atoms with E-state index in [2.05, 4.69) is 41.2 Å². The first kappa shape index (κ1) is 13.6. The van der Waals surface area contributed by atoms with Crippen LogP contribution in [0.2, 0.25) is 0 Å². The molecule has 1 nitrogen and oxygen atoms in total. The van der Waals surface area contributed by atoms with Gasteiger partial charge in [-0.1, -0.05) is 26.2 Å². The summed E-state index contributed by atoms with van der Waals surface area (Å²) >= 11 is 5.54. The van der Waals surface area contributed by atoms with Gasteiger partial charge in [0, 0.05) is 10.9 Å². The Morgan fingerprint density at radius 1 is 1.53 bits per heavy atom. The molecule has 0 aromatic carbocycles. The van der Waals surface area contributed by atoms with Crippen molar-refractivity contribution in [2.24, 2.45) is 5.92 Å². The van der Waals surface area contributed by atoms with Crippen LogP contribution in [0.5, 0.6) is 0 Å². The molecule has 1 aliphatic rings. The maximum absolute atomic E-state index is 3.71. The summed E-state index contributed by atoms with van der Waals surface area (Å²) in [5.41, 5.74) is 1.38. The molecule has 0 aliphatic heterocycles. The van der Waals surface area contributed by atoms with Crippen molar-refractivity contribution >= 4 is 27.3 Å². The first-order chi connectivity index (χ1) is 8.20. The van der Waals surface area contributed by atoms with Crippen molar-refractivity contribution in [2.75, 3.05) is 6.54 Å². The van der Waals surface area contributed by atoms with Gasteiger partial charge in [-0.2, -0.15) is 0 Å². The molecule has 17 heavy (non-hydrogen) atoms. The summed E-state index contributed by atoms with van der Waals surface area (Å²) in [5, 5.41) is 3.71. The molecule has 96 valence electrons. The topological polar surface area (TPSA) is 12.0 Å². The zero-order chi connectivity index (χ0) is 12.3. The third-order valence-electron chi connectivity index (χ3n) is 3.65. The maximum atomic E-state index is 3.71. The summed E-state index contributed by atoms with van der Waals surface area (Å²) < 4.78 is 1.30. The smallest absolute Gasteiger partial charge is 0.0731 e. The molecule has 0 spiro atoms. The lowest BCUT2D eigenvalue weighted by atomic mass is 9.80. The molecule has 1 unspecified atom stereocenters. The number of hydrogen-bond donors (Lipinski definition) is 1. The first-order valence-electron chi connectivity index (χ1n) is 6.70. The summed E-state index contributed by atoms with van der Waals surface area (Å²) in [7, 11) is 0. The van der Waals surface area contributed by atoms with Crippen molar-refractivity contribution in [1.29, 1.82) is 0 Å². The van der Waals surface area contributed by atoms with E-state index in [1.54, 1.807) is 0 Å². The second-order valence-electron chi connectivity index (χ2n) is 5.14. The van der Waals surface area contributed by atoms with Crippen LogP contribution in [0.15, 0.2) is 9.85 Å². The fourth-order valence-corrected chi connectivity index (χ4v) is 4.00. The van der Waals surface area contributed by atoms with Crippen LogP contribution in [0.25, 0.3) is 0 Å². The van der Waals surface area contributed by atoms with E-state index in [0.29, 0.717) is 6.04 Å². The second-order valence-corrected chi connectivity index (χ2v) is 7.55. The summed E-state index contributed by atoms with van der Waals surface area (Å²) in [5.74, 6) is 0.963. The minimum Gasteiger partial charge on any atom is -0.309 e. The van der Waals surface area contributed by atoms with E-state index >= 15 is 0 Å². The van der Waals surface area contributed by atoms with Gasteiger partial charge in [-0.05, 0) is 59.8 Å². The quantitative estimate of drug-likeness (QED) is 0.774. The third-order valence-corrected chi connectivity index (χ3v) is 5.90. The van der Waals surface area contributed by atoms with Gasteiger partial charge < -0.3 is 5.32 Å². The van der Waals surface area contributed by atoms with Crippen LogP contribution in [0.1, 0.15) is 55.5 Å². The number of rotatable bonds is 6. The van der Waals surface area contributed by atoms with E-state index < -0.39 is 0 Å². The Labute approximate surface area is 117 Å². The van der Waals surface area contributed by atoms with Gasteiger partial charge in [0.05, 0.1) is 3.79 Å². The molecule has 1 aliphatic carbocycles. The van der Waals surface area contributed by atoms with Gasteiger partial charge in [0.25, 0.3) is 0 Å². The van der Waals surface area contributed by atoms with Gasteiger partial charge >= 0.3 is 0 Å². The van der Waals surface area contributed by atoms with E-state index in [9.17, 15) is 0 Å². The Kier molecular flexibility index (Phi) is 5.07. The predicted octanol–water partition coefficient (Wildman–Crippen LogP) is 5.05. The van der Waals surface area contributed by atoms with Crippen LogP contribution in [-0.4, -0.2) is 6.54 Å². The molecule has 1 heterocycles. The van der Waals surface area contributed by atoms with Crippen LogP contribution < -0.4 is 5.32 Å². The average Bonchev–Trinajstić information content (AvgIpc) is 2.57. The highest BCUT2D eigenvalue weighted by Gasteiger charge is 2.24. The normalized spacial score (nSPS) is 18.1. The molecule has 1 saturated carbocycles. The van der Waals surface area contributed by atoms with Crippen molar-refractivity contribution in [3.05, 3.63) is 20.3 Å². The first-order valence-corrected chi connectivity index (χ1v) is 8.31. The van der Waals surface area contributed by atoms with Crippen LogP contribution in [0.4, 0.5) is 0 Å². The Morgan fingerprint density at radius 2 is 2.29 bits per heavy atom. The minimum atomic E-state index is 0.579. The summed E-state index contributed by atoms with van der Waals surface area (Å²) in [6.07, 6.45) is 6.86. The average molecular weight is 316 g/mol. The van der Waals surface area contributed by atoms with E-state index in [-0.39, 0.29) is 0 Å². The highest BCUT2D eigenvalue weighted by Crippen LogP contribution is 2.38. The largest absolute Gasteiger partial charge is 0.309 e. The fraction of sp³-hybridized carbons (Fsp3) is 0.714. The highest BCUT2D eigenvalue weighted by atomic mass is 79.9. The van der Waals surface area contributed by atoms with Gasteiger partial charge in [-0.15, -0.1) is 11.3 Å². The number of hydrogen-bond acceptors (Lipinski definition) is 2. The lowest BCUT2D eigenvalue weighted by Crippen LogP contribution is -2.26. The second kappa shape index (κ2) is 6.35. The Bertz CT molecular complexity index is 338. The molecule has 1 N–H and O–H groups in total. The van der Waals surface area contributed by atoms with Gasteiger partial charge in [-0.25, -0.2) is 0 Å². The van der Waals surface area contributed by atoms with E-state index in [1.807, 2.05) is 11.3 Å². The molecule has 1 atom stereocenters. The molecule has 0 radical (unpaired) electrons. The van der Waals surface area contributed by atoms with Crippen molar-refractivity contribution < 1.29 is 0 Å². The van der Waals surface area contributed by atoms with E-state index in [1.165, 1.54) is 46.3 Å². The van der Waals surface area contributed by atoms with Crippen LogP contribution in [-0.2, 0) is 0 Å². The number of nitrogens with one attached hydrogen (secondary N) is 1. The molecule has 0 saturated heterocycles. The Hall–Kier alpha value is 0.140. The maximum Gasteiger partial charge on any atom is 0.0731 e. The Balaban J connectivity index is 2.02. The molecule has 3 heteroatoms. The third kappa shape index (κ3) is 3.55. The van der Waals surface area contributed by atoms with Gasteiger partial charge in [-0.3, -0.25) is 0 Å². The van der Waals surface area contributed by atoms with Crippen LogP contribution >= 0.6 is 27.3 Å². The minimum absolute atomic E-state index is 0.579.